The van der Waals surface area contributed by atoms with Crippen LogP contribution in [-0.2, 0) is 11.3 Å². The summed E-state index contributed by atoms with van der Waals surface area (Å²) in [5.41, 5.74) is 7.53. The van der Waals surface area contributed by atoms with Gasteiger partial charge >= 0.3 is 5.97 Å². The quantitative estimate of drug-likeness (QED) is 0.653. The molecule has 7 heteroatoms. The number of nitrogens with two attached hydrogens (primary N) is 1. The molecule has 2 aromatic rings. The minimum atomic E-state index is -0.405. The first-order valence-electron chi connectivity index (χ1n) is 5.84. The first-order chi connectivity index (χ1) is 9.67. The lowest BCUT2D eigenvalue weighted by Gasteiger charge is -2.05. The van der Waals surface area contributed by atoms with E-state index in [1.165, 1.54) is 30.2 Å². The monoisotopic (exact) mass is 309 g/mol. The Bertz CT molecular complexity index is 599. The van der Waals surface area contributed by atoms with E-state index in [9.17, 15) is 4.79 Å². The largest absolute Gasteiger partial charge is 0.465 e. The molecule has 0 atom stereocenters. The topological polar surface area (TPSA) is 77.2 Å². The number of thiophene rings is 1. The highest BCUT2D eigenvalue weighted by molar-refractivity contribution is 7.99. The molecule has 0 amide bonds. The third kappa shape index (κ3) is 3.05. The van der Waals surface area contributed by atoms with Gasteiger partial charge in [-0.05, 0) is 17.9 Å². The zero-order valence-electron chi connectivity index (χ0n) is 11.2. The van der Waals surface area contributed by atoms with Gasteiger partial charge in [-0.2, -0.15) is 0 Å². The summed E-state index contributed by atoms with van der Waals surface area (Å²) in [6.45, 7) is 0.627. The molecular formula is C13H15N3O2S2. The number of carbonyl (C=O) groups excluding carboxylic acids is 1. The first-order valence-corrected chi connectivity index (χ1v) is 7.88. The van der Waals surface area contributed by atoms with Crippen molar-refractivity contribution in [1.29, 1.82) is 0 Å². The highest BCUT2D eigenvalue weighted by atomic mass is 32.2. The number of nitrogens with zero attached hydrogens (tertiary/aromatic N) is 1. The molecule has 2 heterocycles. The molecule has 3 N–H and O–H groups in total. The van der Waals surface area contributed by atoms with Crippen LogP contribution in [0.2, 0.25) is 0 Å². The number of nitrogens with one attached hydrogen (secondary N) is 1. The van der Waals surface area contributed by atoms with Gasteiger partial charge in [-0.15, -0.1) is 23.1 Å². The number of methoxy groups -OCH3 is 1. The molecule has 0 spiro atoms. The Morgan fingerprint density at radius 3 is 3.00 bits per heavy atom. The Labute approximate surface area is 125 Å². The number of carbonyl (C=O) groups is 1. The number of esters is 1. The summed E-state index contributed by atoms with van der Waals surface area (Å²) in [7, 11) is 1.35. The number of nitrogen functional groups attached to an aromatic ring is 1. The molecule has 2 rings (SSSR count). The molecule has 106 valence electrons. The summed E-state index contributed by atoms with van der Waals surface area (Å²) >= 11 is 2.82. The first kappa shape index (κ1) is 14.7. The summed E-state index contributed by atoms with van der Waals surface area (Å²) in [6, 6.07) is 3.87. The van der Waals surface area contributed by atoms with Gasteiger partial charge in [0.05, 0.1) is 17.7 Å². The summed E-state index contributed by atoms with van der Waals surface area (Å²) in [6.07, 6.45) is 5.45. The number of anilines is 2. The summed E-state index contributed by atoms with van der Waals surface area (Å²) < 4.78 is 4.74. The lowest BCUT2D eigenvalue weighted by Crippen LogP contribution is -2.01. The van der Waals surface area contributed by atoms with E-state index in [0.29, 0.717) is 17.1 Å². The van der Waals surface area contributed by atoms with E-state index in [1.54, 1.807) is 12.4 Å². The van der Waals surface area contributed by atoms with Crippen LogP contribution in [0.3, 0.4) is 0 Å². The van der Waals surface area contributed by atoms with Gasteiger partial charge in [-0.3, -0.25) is 4.98 Å². The van der Waals surface area contributed by atoms with Crippen molar-refractivity contribution in [2.75, 3.05) is 24.4 Å². The number of pyridine rings is 1. The second-order valence-corrected chi connectivity index (χ2v) is 5.75. The van der Waals surface area contributed by atoms with Crippen molar-refractivity contribution in [3.05, 3.63) is 35.0 Å². The lowest BCUT2D eigenvalue weighted by atomic mass is 10.3. The minimum absolute atomic E-state index is 0.405. The SMILES string of the molecule is COC(=O)c1sc(NCc2cccnc2)c(SC)c1N. The Morgan fingerprint density at radius 1 is 1.60 bits per heavy atom. The van der Waals surface area contributed by atoms with Gasteiger partial charge in [0.15, 0.2) is 0 Å². The van der Waals surface area contributed by atoms with Gasteiger partial charge in [0.25, 0.3) is 0 Å². The van der Waals surface area contributed by atoms with Crippen molar-refractivity contribution in [3.63, 3.8) is 0 Å². The molecular weight excluding hydrogens is 294 g/mol. The van der Waals surface area contributed by atoms with E-state index < -0.39 is 5.97 Å². The molecule has 5 nitrogen and oxygen atoms in total. The maximum atomic E-state index is 11.7. The molecule has 0 radical (unpaired) electrons. The molecule has 0 unspecified atom stereocenters. The van der Waals surface area contributed by atoms with Crippen molar-refractivity contribution in [2.24, 2.45) is 0 Å². The maximum Gasteiger partial charge on any atom is 0.350 e. The molecule has 0 aromatic carbocycles. The van der Waals surface area contributed by atoms with Crippen molar-refractivity contribution in [3.8, 4) is 0 Å². The third-order valence-electron chi connectivity index (χ3n) is 2.65. The van der Waals surface area contributed by atoms with Crippen LogP contribution in [0.4, 0.5) is 10.7 Å². The Morgan fingerprint density at radius 2 is 2.40 bits per heavy atom. The smallest absolute Gasteiger partial charge is 0.350 e. The van der Waals surface area contributed by atoms with Gasteiger partial charge in [0.1, 0.15) is 9.88 Å². The van der Waals surface area contributed by atoms with Gasteiger partial charge < -0.3 is 15.8 Å². The fraction of sp³-hybridized carbons (Fsp3) is 0.231. The van der Waals surface area contributed by atoms with Crippen molar-refractivity contribution >= 4 is 39.8 Å². The summed E-state index contributed by atoms with van der Waals surface area (Å²) in [4.78, 5) is 17.0. The van der Waals surface area contributed by atoms with Gasteiger partial charge in [-0.1, -0.05) is 6.07 Å². The number of aromatic nitrogens is 1. The van der Waals surface area contributed by atoms with E-state index in [2.05, 4.69) is 10.3 Å². The Hall–Kier alpha value is -1.73. The van der Waals surface area contributed by atoms with Crippen LogP contribution in [-0.4, -0.2) is 24.3 Å². The van der Waals surface area contributed by atoms with Crippen LogP contribution < -0.4 is 11.1 Å². The second kappa shape index (κ2) is 6.62. The fourth-order valence-corrected chi connectivity index (χ4v) is 3.63. The summed E-state index contributed by atoms with van der Waals surface area (Å²) in [5, 5.41) is 4.16. The number of hydrogen-bond acceptors (Lipinski definition) is 7. The van der Waals surface area contributed by atoms with Crippen LogP contribution in [0.25, 0.3) is 0 Å². The predicted octanol–water partition coefficient (Wildman–Crippen LogP) is 2.85. The Balaban J connectivity index is 2.21. The van der Waals surface area contributed by atoms with Gasteiger partial charge in [0, 0.05) is 18.9 Å². The van der Waals surface area contributed by atoms with Crippen LogP contribution in [0.15, 0.2) is 29.4 Å². The normalized spacial score (nSPS) is 10.3. The van der Waals surface area contributed by atoms with Gasteiger partial charge in [-0.25, -0.2) is 4.79 Å². The van der Waals surface area contributed by atoms with Crippen molar-refractivity contribution in [2.45, 2.75) is 11.4 Å². The molecule has 2 aromatic heterocycles. The third-order valence-corrected chi connectivity index (χ3v) is 4.76. The number of hydrogen-bond donors (Lipinski definition) is 2. The fourth-order valence-electron chi connectivity index (χ4n) is 1.68. The van der Waals surface area contributed by atoms with Crippen molar-refractivity contribution in [1.82, 2.24) is 4.98 Å². The minimum Gasteiger partial charge on any atom is -0.465 e. The zero-order chi connectivity index (χ0) is 14.5. The van der Waals surface area contributed by atoms with Crippen LogP contribution in [0.5, 0.6) is 0 Å². The zero-order valence-corrected chi connectivity index (χ0v) is 12.8. The lowest BCUT2D eigenvalue weighted by molar-refractivity contribution is 0.0607. The highest BCUT2D eigenvalue weighted by Crippen LogP contribution is 2.42. The molecule has 0 aliphatic rings. The van der Waals surface area contributed by atoms with E-state index in [4.69, 9.17) is 10.5 Å². The second-order valence-electron chi connectivity index (χ2n) is 3.91. The van der Waals surface area contributed by atoms with E-state index in [0.717, 1.165) is 15.5 Å². The van der Waals surface area contributed by atoms with Gasteiger partial charge in [0.2, 0.25) is 0 Å². The Kier molecular flexibility index (Phi) is 4.86. The molecule has 0 fully saturated rings. The van der Waals surface area contributed by atoms with E-state index in [1.807, 2.05) is 18.4 Å². The number of ether oxygens (including phenoxy) is 1. The highest BCUT2D eigenvalue weighted by Gasteiger charge is 2.20. The average molecular weight is 309 g/mol. The molecule has 20 heavy (non-hydrogen) atoms. The standard InChI is InChI=1S/C13H15N3O2S2/c1-18-13(17)11-9(14)10(19-2)12(20-11)16-7-8-4-3-5-15-6-8/h3-6,16H,7,14H2,1-2H3. The average Bonchev–Trinajstić information content (AvgIpc) is 2.81. The van der Waals surface area contributed by atoms with Crippen LogP contribution in [0.1, 0.15) is 15.2 Å². The van der Waals surface area contributed by atoms with E-state index in [-0.39, 0.29) is 0 Å². The molecule has 0 aliphatic heterocycles. The van der Waals surface area contributed by atoms with Crippen molar-refractivity contribution < 1.29 is 9.53 Å². The van der Waals surface area contributed by atoms with E-state index >= 15 is 0 Å². The molecule has 0 bridgehead atoms. The number of rotatable bonds is 5. The predicted molar refractivity (Wildman–Crippen MR) is 83.4 cm³/mol. The number of thioether (sulfide) groups is 1. The molecule has 0 saturated carbocycles. The molecule has 0 aliphatic carbocycles. The molecule has 0 saturated heterocycles. The summed E-state index contributed by atoms with van der Waals surface area (Å²) in [5.74, 6) is -0.405. The maximum absolute atomic E-state index is 11.7. The van der Waals surface area contributed by atoms with Crippen LogP contribution in [0, 0.1) is 0 Å². The van der Waals surface area contributed by atoms with Crippen LogP contribution >= 0.6 is 23.1 Å².